The summed E-state index contributed by atoms with van der Waals surface area (Å²) < 4.78 is 5.18. The number of hydrogen-bond acceptors (Lipinski definition) is 6. The molecule has 1 aliphatic rings. The van der Waals surface area contributed by atoms with Crippen LogP contribution < -0.4 is 15.0 Å². The molecular formula is C19H25N5O2. The topological polar surface area (TPSA) is 70.6 Å². The molecule has 1 aromatic heterocycles. The number of benzene rings is 1. The zero-order valence-electron chi connectivity index (χ0n) is 15.7. The Bertz CT molecular complexity index is 789. The minimum absolute atomic E-state index is 0.0340. The quantitative estimate of drug-likeness (QED) is 0.853. The maximum absolute atomic E-state index is 12.3. The van der Waals surface area contributed by atoms with Crippen molar-refractivity contribution in [3.05, 3.63) is 41.9 Å². The molecule has 0 bridgehead atoms. The van der Waals surface area contributed by atoms with Gasteiger partial charge in [0.05, 0.1) is 13.7 Å². The van der Waals surface area contributed by atoms with E-state index in [2.05, 4.69) is 25.1 Å². The smallest absolute Gasteiger partial charge is 0.238 e. The van der Waals surface area contributed by atoms with Gasteiger partial charge in [0.25, 0.3) is 0 Å². The Morgan fingerprint density at radius 3 is 2.85 bits per heavy atom. The lowest BCUT2D eigenvalue weighted by Crippen LogP contribution is -2.60. The highest BCUT2D eigenvalue weighted by atomic mass is 16.5. The number of likely N-dealkylation sites (N-methyl/N-ethyl adjacent to an activating group) is 1. The van der Waals surface area contributed by atoms with Crippen LogP contribution in [0.25, 0.3) is 0 Å². The average Bonchev–Trinajstić information content (AvgIpc) is 2.57. The van der Waals surface area contributed by atoms with E-state index >= 15 is 0 Å². The Hall–Kier alpha value is -2.67. The zero-order valence-corrected chi connectivity index (χ0v) is 15.7. The molecule has 3 rings (SSSR count). The van der Waals surface area contributed by atoms with Crippen molar-refractivity contribution in [3.8, 4) is 5.75 Å². The van der Waals surface area contributed by atoms with E-state index < -0.39 is 0 Å². The van der Waals surface area contributed by atoms with Gasteiger partial charge in [-0.1, -0.05) is 6.07 Å². The molecule has 7 heteroatoms. The van der Waals surface area contributed by atoms with Crippen molar-refractivity contribution >= 4 is 17.4 Å². The summed E-state index contributed by atoms with van der Waals surface area (Å²) in [6.45, 7) is 6.11. The maximum Gasteiger partial charge on any atom is 0.238 e. The van der Waals surface area contributed by atoms with Crippen molar-refractivity contribution < 1.29 is 9.53 Å². The highest BCUT2D eigenvalue weighted by molar-refractivity contribution is 5.92. The number of anilines is 2. The fourth-order valence-corrected chi connectivity index (χ4v) is 3.01. The molecule has 1 saturated heterocycles. The van der Waals surface area contributed by atoms with Gasteiger partial charge in [0, 0.05) is 42.1 Å². The maximum atomic E-state index is 12.3. The minimum Gasteiger partial charge on any atom is -0.497 e. The van der Waals surface area contributed by atoms with E-state index in [1.165, 1.54) is 0 Å². The largest absolute Gasteiger partial charge is 0.497 e. The number of nitrogens with zero attached hydrogens (tertiary/aromatic N) is 4. The van der Waals surface area contributed by atoms with E-state index in [-0.39, 0.29) is 5.91 Å². The number of carbonyl (C=O) groups excluding carboxylic acids is 1. The Morgan fingerprint density at radius 1 is 1.35 bits per heavy atom. The van der Waals surface area contributed by atoms with E-state index in [1.807, 2.05) is 45.2 Å². The van der Waals surface area contributed by atoms with Crippen LogP contribution in [0.4, 0.5) is 11.5 Å². The van der Waals surface area contributed by atoms with Crippen molar-refractivity contribution in [1.29, 1.82) is 0 Å². The number of methoxy groups -OCH3 is 1. The average molecular weight is 355 g/mol. The molecule has 1 fully saturated rings. The lowest BCUT2D eigenvalue weighted by atomic mass is 10.1. The van der Waals surface area contributed by atoms with Crippen LogP contribution in [0, 0.1) is 13.8 Å². The van der Waals surface area contributed by atoms with Gasteiger partial charge < -0.3 is 15.0 Å². The van der Waals surface area contributed by atoms with Crippen LogP contribution in [0.2, 0.25) is 0 Å². The number of hydrogen-bond donors (Lipinski definition) is 1. The number of aromatic nitrogens is 2. The summed E-state index contributed by atoms with van der Waals surface area (Å²) >= 11 is 0. The number of carbonyl (C=O) groups is 1. The van der Waals surface area contributed by atoms with E-state index in [1.54, 1.807) is 13.4 Å². The van der Waals surface area contributed by atoms with Gasteiger partial charge in [-0.15, -0.1) is 0 Å². The van der Waals surface area contributed by atoms with Crippen molar-refractivity contribution in [3.63, 3.8) is 0 Å². The zero-order chi connectivity index (χ0) is 18.7. The van der Waals surface area contributed by atoms with Crippen molar-refractivity contribution in [2.75, 3.05) is 44.0 Å². The molecule has 1 aromatic carbocycles. The molecule has 138 valence electrons. The fraction of sp³-hybridized carbons (Fsp3) is 0.421. The Kier molecular flexibility index (Phi) is 5.37. The van der Waals surface area contributed by atoms with E-state index in [4.69, 9.17) is 4.74 Å². The van der Waals surface area contributed by atoms with Crippen LogP contribution in [-0.2, 0) is 4.79 Å². The first-order valence-electron chi connectivity index (χ1n) is 8.65. The summed E-state index contributed by atoms with van der Waals surface area (Å²) in [5, 5.41) is 2.92. The minimum atomic E-state index is -0.0340. The van der Waals surface area contributed by atoms with E-state index in [9.17, 15) is 4.79 Å². The van der Waals surface area contributed by atoms with Crippen LogP contribution >= 0.6 is 0 Å². The SMILES string of the molecule is COc1cccc(NC(=O)CN(C)C2CN(c3ncnc(C)c3C)C2)c1. The monoisotopic (exact) mass is 355 g/mol. The van der Waals surface area contributed by atoms with Crippen LogP contribution in [0.15, 0.2) is 30.6 Å². The molecule has 2 aromatic rings. The van der Waals surface area contributed by atoms with Gasteiger partial charge in [-0.25, -0.2) is 9.97 Å². The van der Waals surface area contributed by atoms with Crippen LogP contribution in [0.3, 0.4) is 0 Å². The normalized spacial score (nSPS) is 14.3. The molecular weight excluding hydrogens is 330 g/mol. The molecule has 0 atom stereocenters. The molecule has 0 saturated carbocycles. The number of rotatable bonds is 6. The number of ether oxygens (including phenoxy) is 1. The van der Waals surface area contributed by atoms with Gasteiger partial charge in [0.15, 0.2) is 0 Å². The molecule has 1 aliphatic heterocycles. The van der Waals surface area contributed by atoms with Gasteiger partial charge in [-0.3, -0.25) is 9.69 Å². The third-order valence-corrected chi connectivity index (χ3v) is 4.84. The Labute approximate surface area is 154 Å². The molecule has 0 unspecified atom stereocenters. The van der Waals surface area contributed by atoms with Gasteiger partial charge in [0.2, 0.25) is 5.91 Å². The predicted octanol–water partition coefficient (Wildman–Crippen LogP) is 1.86. The summed E-state index contributed by atoms with van der Waals surface area (Å²) in [4.78, 5) is 25.2. The highest BCUT2D eigenvalue weighted by Crippen LogP contribution is 2.25. The van der Waals surface area contributed by atoms with Crippen molar-refractivity contribution in [2.24, 2.45) is 0 Å². The Balaban J connectivity index is 1.51. The number of aryl methyl sites for hydroxylation is 1. The van der Waals surface area contributed by atoms with Crippen LogP contribution in [0.5, 0.6) is 5.75 Å². The molecule has 0 radical (unpaired) electrons. The summed E-state index contributed by atoms with van der Waals surface area (Å²) in [6.07, 6.45) is 1.61. The third kappa shape index (κ3) is 3.94. The lowest BCUT2D eigenvalue weighted by molar-refractivity contribution is -0.117. The van der Waals surface area contributed by atoms with Gasteiger partial charge in [0.1, 0.15) is 17.9 Å². The van der Waals surface area contributed by atoms with Gasteiger partial charge in [-0.05, 0) is 33.0 Å². The number of nitrogens with one attached hydrogen (secondary N) is 1. The molecule has 1 N–H and O–H groups in total. The van der Waals surface area contributed by atoms with Gasteiger partial charge in [-0.2, -0.15) is 0 Å². The second kappa shape index (κ2) is 7.70. The molecule has 0 spiro atoms. The Morgan fingerprint density at radius 2 is 2.12 bits per heavy atom. The highest BCUT2D eigenvalue weighted by Gasteiger charge is 2.32. The summed E-state index contributed by atoms with van der Waals surface area (Å²) in [7, 11) is 3.59. The van der Waals surface area contributed by atoms with E-state index in [0.29, 0.717) is 12.6 Å². The fourth-order valence-electron chi connectivity index (χ4n) is 3.01. The lowest BCUT2D eigenvalue weighted by Gasteiger charge is -2.45. The van der Waals surface area contributed by atoms with Gasteiger partial charge >= 0.3 is 0 Å². The third-order valence-electron chi connectivity index (χ3n) is 4.84. The second-order valence-electron chi connectivity index (χ2n) is 6.66. The molecule has 2 heterocycles. The molecule has 7 nitrogen and oxygen atoms in total. The number of amides is 1. The second-order valence-corrected chi connectivity index (χ2v) is 6.66. The first-order valence-corrected chi connectivity index (χ1v) is 8.65. The predicted molar refractivity (Wildman–Crippen MR) is 102 cm³/mol. The summed E-state index contributed by atoms with van der Waals surface area (Å²) in [6, 6.07) is 7.70. The standard InChI is InChI=1S/C19H25N5O2/c1-13-14(2)20-12-21-19(13)24-9-16(10-24)23(3)11-18(25)22-15-6-5-7-17(8-15)26-4/h5-8,12,16H,9-11H2,1-4H3,(H,22,25). The molecule has 0 aliphatic carbocycles. The molecule has 26 heavy (non-hydrogen) atoms. The van der Waals surface area contributed by atoms with Crippen molar-refractivity contribution in [2.45, 2.75) is 19.9 Å². The summed E-state index contributed by atoms with van der Waals surface area (Å²) in [5.41, 5.74) is 2.86. The first-order chi connectivity index (χ1) is 12.5. The molecule has 1 amide bonds. The van der Waals surface area contributed by atoms with Crippen molar-refractivity contribution in [1.82, 2.24) is 14.9 Å². The van der Waals surface area contributed by atoms with Crippen LogP contribution in [-0.4, -0.2) is 60.6 Å². The van der Waals surface area contributed by atoms with Crippen LogP contribution in [0.1, 0.15) is 11.3 Å². The summed E-state index contributed by atoms with van der Waals surface area (Å²) in [5.74, 6) is 1.68. The van der Waals surface area contributed by atoms with E-state index in [0.717, 1.165) is 41.6 Å². The first kappa shape index (κ1) is 18.1.